The second kappa shape index (κ2) is 8.21. The number of aromatic hydroxyl groups is 2. The van der Waals surface area contributed by atoms with Crippen LogP contribution in [0.25, 0.3) is 0 Å². The Kier molecular flexibility index (Phi) is 5.53. The van der Waals surface area contributed by atoms with E-state index in [-0.39, 0.29) is 59.3 Å². The van der Waals surface area contributed by atoms with Crippen LogP contribution in [-0.2, 0) is 20.7 Å². The van der Waals surface area contributed by atoms with Crippen LogP contribution in [0, 0.1) is 0 Å². The van der Waals surface area contributed by atoms with Gasteiger partial charge in [0.2, 0.25) is 0 Å². The third kappa shape index (κ3) is 3.57. The van der Waals surface area contributed by atoms with Crippen molar-refractivity contribution in [2.45, 2.75) is 56.3 Å². The van der Waals surface area contributed by atoms with Gasteiger partial charge >= 0.3 is 0 Å². The highest BCUT2D eigenvalue weighted by Crippen LogP contribution is 2.51. The summed E-state index contributed by atoms with van der Waals surface area (Å²) in [6, 6.07) is 6.10. The Labute approximate surface area is 199 Å². The van der Waals surface area contributed by atoms with Gasteiger partial charge in [-0.05, 0) is 6.92 Å². The SMILES string of the molecule is CC(=O)[C@]1(N)Cc2c(O)c3c(c(O)c2C(O[C@H]2CC(O)[C@H](O)CO2)C1)C(=O)c1ccccc1C3=O. The summed E-state index contributed by atoms with van der Waals surface area (Å²) in [6.07, 6.45) is -4.74. The fourth-order valence-corrected chi connectivity index (χ4v) is 5.13. The molecule has 10 heteroatoms. The van der Waals surface area contributed by atoms with Crippen molar-refractivity contribution in [3.63, 3.8) is 0 Å². The van der Waals surface area contributed by atoms with Crippen molar-refractivity contribution in [1.29, 1.82) is 0 Å². The predicted octanol–water partition coefficient (Wildman–Crippen LogP) is 0.632. The fourth-order valence-electron chi connectivity index (χ4n) is 5.13. The Hall–Kier alpha value is -3.15. The minimum atomic E-state index is -1.50. The number of aliphatic hydroxyl groups excluding tert-OH is 2. The second-order valence-electron chi connectivity index (χ2n) is 9.39. The molecule has 0 aromatic heterocycles. The van der Waals surface area contributed by atoms with Crippen LogP contribution in [0.1, 0.15) is 68.8 Å². The van der Waals surface area contributed by atoms with Crippen molar-refractivity contribution in [2.75, 3.05) is 6.61 Å². The van der Waals surface area contributed by atoms with Crippen LogP contribution >= 0.6 is 0 Å². The molecule has 3 aliphatic rings. The number of ether oxygens (including phenoxy) is 2. The molecule has 0 spiro atoms. The number of rotatable bonds is 3. The van der Waals surface area contributed by atoms with E-state index in [1.165, 1.54) is 19.1 Å². The largest absolute Gasteiger partial charge is 0.507 e. The van der Waals surface area contributed by atoms with Crippen molar-refractivity contribution < 1.29 is 44.3 Å². The lowest BCUT2D eigenvalue weighted by molar-refractivity contribution is -0.238. The zero-order chi connectivity index (χ0) is 25.2. The summed E-state index contributed by atoms with van der Waals surface area (Å²) in [6.45, 7) is 1.09. The predicted molar refractivity (Wildman–Crippen MR) is 119 cm³/mol. The van der Waals surface area contributed by atoms with Crippen molar-refractivity contribution in [2.24, 2.45) is 5.73 Å². The number of hydrogen-bond acceptors (Lipinski definition) is 10. The summed E-state index contributed by atoms with van der Waals surface area (Å²) < 4.78 is 11.4. The Bertz CT molecular complexity index is 1270. The molecule has 1 aliphatic heterocycles. The van der Waals surface area contributed by atoms with Crippen LogP contribution in [0.4, 0.5) is 0 Å². The van der Waals surface area contributed by atoms with Gasteiger partial charge in [0.1, 0.15) is 23.4 Å². The minimum absolute atomic E-state index is 0.0344. The van der Waals surface area contributed by atoms with Crippen molar-refractivity contribution >= 4 is 17.3 Å². The second-order valence-corrected chi connectivity index (χ2v) is 9.39. The molecule has 35 heavy (non-hydrogen) atoms. The molecule has 1 fully saturated rings. The summed E-state index contributed by atoms with van der Waals surface area (Å²) in [5, 5.41) is 42.3. The molecule has 0 amide bonds. The molecule has 1 heterocycles. The molecular formula is C25H25NO9. The van der Waals surface area contributed by atoms with Crippen molar-refractivity contribution in [3.05, 3.63) is 57.6 Å². The molecular weight excluding hydrogens is 458 g/mol. The van der Waals surface area contributed by atoms with Gasteiger partial charge < -0.3 is 35.6 Å². The molecule has 5 rings (SSSR count). The molecule has 5 atom stereocenters. The maximum absolute atomic E-state index is 13.3. The lowest BCUT2D eigenvalue weighted by atomic mass is 9.71. The summed E-state index contributed by atoms with van der Waals surface area (Å²) in [5.41, 5.74) is 4.47. The topological polar surface area (TPSA) is 177 Å². The quantitative estimate of drug-likeness (QED) is 0.332. The molecule has 2 unspecified atom stereocenters. The van der Waals surface area contributed by atoms with E-state index >= 15 is 0 Å². The van der Waals surface area contributed by atoms with E-state index < -0.39 is 59.0 Å². The number of phenols is 2. The summed E-state index contributed by atoms with van der Waals surface area (Å²) >= 11 is 0. The number of aliphatic hydroxyl groups is 2. The molecule has 2 aromatic carbocycles. The third-order valence-electron chi connectivity index (χ3n) is 7.17. The van der Waals surface area contributed by atoms with E-state index in [2.05, 4.69) is 0 Å². The zero-order valence-corrected chi connectivity index (χ0v) is 18.9. The van der Waals surface area contributed by atoms with Crippen LogP contribution in [0.2, 0.25) is 0 Å². The Morgan fingerprint density at radius 3 is 2.23 bits per heavy atom. The lowest BCUT2D eigenvalue weighted by Crippen LogP contribution is -2.53. The highest BCUT2D eigenvalue weighted by molar-refractivity contribution is 6.30. The van der Waals surface area contributed by atoms with Gasteiger partial charge in [0, 0.05) is 41.5 Å². The standard InChI is InChI=1S/C25H25NO9/c1-10(27)25(26)7-13-18(16(8-25)35-17-6-14(28)15(29)9-34-17)24(33)20-19(23(13)32)21(30)11-4-2-3-5-12(11)22(20)31/h2-5,14-17,28-29,32-33H,6-9,26H2,1H3/t14?,15-,16?,17+,25+/m1/s1. The highest BCUT2D eigenvalue weighted by Gasteiger charge is 2.48. The van der Waals surface area contributed by atoms with Gasteiger partial charge in [-0.15, -0.1) is 0 Å². The van der Waals surface area contributed by atoms with Crippen molar-refractivity contribution in [1.82, 2.24) is 0 Å². The molecule has 6 N–H and O–H groups in total. The van der Waals surface area contributed by atoms with E-state index in [0.717, 1.165) is 0 Å². The van der Waals surface area contributed by atoms with E-state index in [4.69, 9.17) is 15.2 Å². The molecule has 2 aromatic rings. The van der Waals surface area contributed by atoms with Crippen LogP contribution in [-0.4, -0.2) is 68.4 Å². The number of hydrogen-bond donors (Lipinski definition) is 5. The number of benzene rings is 2. The average Bonchev–Trinajstić information content (AvgIpc) is 2.82. The summed E-state index contributed by atoms with van der Waals surface area (Å²) in [4.78, 5) is 39.0. The summed E-state index contributed by atoms with van der Waals surface area (Å²) in [7, 11) is 0. The van der Waals surface area contributed by atoms with E-state index in [0.29, 0.717) is 0 Å². The first-order chi connectivity index (χ1) is 16.5. The Balaban J connectivity index is 1.67. The first-order valence-electron chi connectivity index (χ1n) is 11.3. The molecule has 0 saturated carbocycles. The number of nitrogens with two attached hydrogens (primary N) is 1. The van der Waals surface area contributed by atoms with E-state index in [1.807, 2.05) is 0 Å². The van der Waals surface area contributed by atoms with Crippen LogP contribution in [0.3, 0.4) is 0 Å². The molecule has 184 valence electrons. The number of ketones is 3. The minimum Gasteiger partial charge on any atom is -0.507 e. The van der Waals surface area contributed by atoms with Gasteiger partial charge in [-0.1, -0.05) is 24.3 Å². The third-order valence-corrected chi connectivity index (χ3v) is 7.17. The Morgan fingerprint density at radius 1 is 1.06 bits per heavy atom. The Morgan fingerprint density at radius 2 is 1.66 bits per heavy atom. The van der Waals surface area contributed by atoms with E-state index in [1.54, 1.807) is 12.1 Å². The van der Waals surface area contributed by atoms with Gasteiger partial charge in [-0.3, -0.25) is 14.4 Å². The van der Waals surface area contributed by atoms with Gasteiger partial charge in [-0.25, -0.2) is 0 Å². The number of carbonyl (C=O) groups is 3. The van der Waals surface area contributed by atoms with Crippen LogP contribution in [0.5, 0.6) is 11.5 Å². The zero-order valence-electron chi connectivity index (χ0n) is 18.9. The molecule has 2 aliphatic carbocycles. The fraction of sp³-hybridized carbons (Fsp3) is 0.400. The van der Waals surface area contributed by atoms with Gasteiger partial charge in [0.15, 0.2) is 17.9 Å². The maximum atomic E-state index is 13.3. The van der Waals surface area contributed by atoms with Gasteiger partial charge in [0.05, 0.1) is 35.5 Å². The average molecular weight is 483 g/mol. The first kappa shape index (κ1) is 23.6. The lowest BCUT2D eigenvalue weighted by Gasteiger charge is -2.41. The number of fused-ring (bicyclic) bond motifs is 3. The van der Waals surface area contributed by atoms with Crippen LogP contribution in [0.15, 0.2) is 24.3 Å². The summed E-state index contributed by atoms with van der Waals surface area (Å²) in [5.74, 6) is -2.74. The molecule has 10 nitrogen and oxygen atoms in total. The van der Waals surface area contributed by atoms with Gasteiger partial charge in [0.25, 0.3) is 0 Å². The normalized spacial score (nSPS) is 29.8. The maximum Gasteiger partial charge on any atom is 0.198 e. The first-order valence-corrected chi connectivity index (χ1v) is 11.3. The molecule has 0 radical (unpaired) electrons. The smallest absolute Gasteiger partial charge is 0.198 e. The highest BCUT2D eigenvalue weighted by atomic mass is 16.7. The number of Topliss-reactive ketones (excluding diaryl/α,β-unsaturated/α-hetero) is 1. The van der Waals surface area contributed by atoms with Gasteiger partial charge in [-0.2, -0.15) is 0 Å². The number of phenolic OH excluding ortho intramolecular Hbond substituents is 2. The van der Waals surface area contributed by atoms with Crippen molar-refractivity contribution in [3.8, 4) is 11.5 Å². The van der Waals surface area contributed by atoms with Crippen LogP contribution < -0.4 is 5.73 Å². The van der Waals surface area contributed by atoms with E-state index in [9.17, 15) is 34.8 Å². The monoisotopic (exact) mass is 483 g/mol. The molecule has 1 saturated heterocycles. The number of carbonyl (C=O) groups excluding carboxylic acids is 3. The molecule has 0 bridgehead atoms.